The van der Waals surface area contributed by atoms with Gasteiger partial charge >= 0.3 is 0 Å². The van der Waals surface area contributed by atoms with E-state index in [4.69, 9.17) is 2.74 Å². The number of nitrogens with zero attached hydrogens (tertiary/aromatic N) is 1. The summed E-state index contributed by atoms with van der Waals surface area (Å²) in [7, 11) is 0. The summed E-state index contributed by atoms with van der Waals surface area (Å²) < 4.78 is 36.8. The third-order valence-electron chi connectivity index (χ3n) is 8.31. The van der Waals surface area contributed by atoms with Crippen LogP contribution in [-0.2, 0) is 0 Å². The molecule has 0 saturated heterocycles. The zero-order valence-corrected chi connectivity index (χ0v) is 24.5. The summed E-state index contributed by atoms with van der Waals surface area (Å²) in [5.41, 5.74) is 7.23. The largest absolute Gasteiger partial charge is 0.310 e. The van der Waals surface area contributed by atoms with E-state index in [0.29, 0.717) is 11.1 Å². The Labute approximate surface area is 269 Å². The maximum Gasteiger partial charge on any atom is 0.0651 e. The molecule has 0 N–H and O–H groups in total. The van der Waals surface area contributed by atoms with E-state index in [9.17, 15) is 2.74 Å². The summed E-state index contributed by atoms with van der Waals surface area (Å²) in [5.74, 6) is 0. The Balaban J connectivity index is 1.32. The number of hydrogen-bond acceptors (Lipinski definition) is 1. The van der Waals surface area contributed by atoms with E-state index in [2.05, 4.69) is 48.5 Å². The molecule has 1 heteroatoms. The first-order valence-corrected chi connectivity index (χ1v) is 15.1. The van der Waals surface area contributed by atoms with Gasteiger partial charge in [-0.15, -0.1) is 0 Å². The molecule has 0 aliphatic heterocycles. The lowest BCUT2D eigenvalue weighted by molar-refractivity contribution is 1.30. The fraction of sp³-hybridized carbons (Fsp3) is 0. The van der Waals surface area contributed by atoms with Crippen molar-refractivity contribution in [1.82, 2.24) is 0 Å². The summed E-state index contributed by atoms with van der Waals surface area (Å²) in [5, 5.41) is 4.02. The Morgan fingerprint density at radius 2 is 0.978 bits per heavy atom. The zero-order chi connectivity index (χ0) is 33.5. The normalized spacial score (nSPS) is 12.4. The molecule has 0 atom stereocenters. The number of anilines is 3. The van der Waals surface area contributed by atoms with Crippen molar-refractivity contribution in [2.75, 3.05) is 4.90 Å². The van der Waals surface area contributed by atoms with Gasteiger partial charge in [0, 0.05) is 16.8 Å². The molecule has 0 saturated carbocycles. The smallest absolute Gasteiger partial charge is 0.0651 e. The molecule has 8 rings (SSSR count). The Kier molecular flexibility index (Phi) is 5.84. The molecule has 0 aliphatic rings. The maximum atomic E-state index is 9.62. The van der Waals surface area contributed by atoms with Gasteiger partial charge in [-0.05, 0) is 92.0 Å². The van der Waals surface area contributed by atoms with Gasteiger partial charge in [-0.25, -0.2) is 0 Å². The highest BCUT2D eigenvalue weighted by atomic mass is 15.1. The number of benzene rings is 8. The standard InChI is InChI=1S/C44H31N/c1-2-11-32(12-3-1)37-17-8-18-38(29-37)34-25-27-41(28-26-34)45(44-22-10-16-35-14-6-7-21-43(35)44)42-20-9-19-39(31-42)40-24-23-33-13-4-5-15-36(33)30-40/h1-31H/i9D,19D,20D,31D. The third-order valence-corrected chi connectivity index (χ3v) is 8.31. The monoisotopic (exact) mass is 577 g/mol. The molecule has 45 heavy (non-hydrogen) atoms. The van der Waals surface area contributed by atoms with Crippen LogP contribution < -0.4 is 4.90 Å². The number of hydrogen-bond donors (Lipinski definition) is 0. The van der Waals surface area contributed by atoms with E-state index >= 15 is 0 Å². The van der Waals surface area contributed by atoms with Crippen molar-refractivity contribution >= 4 is 38.6 Å². The molecule has 212 valence electrons. The molecule has 0 heterocycles. The second kappa shape index (κ2) is 11.6. The molecule has 0 fully saturated rings. The predicted octanol–water partition coefficient (Wildman–Crippen LogP) is 12.5. The van der Waals surface area contributed by atoms with Crippen molar-refractivity contribution in [2.24, 2.45) is 0 Å². The average molecular weight is 578 g/mol. The molecular weight excluding hydrogens is 542 g/mol. The van der Waals surface area contributed by atoms with Crippen LogP contribution in [0.4, 0.5) is 17.1 Å². The van der Waals surface area contributed by atoms with Crippen LogP contribution in [0.2, 0.25) is 0 Å². The molecule has 1 nitrogen and oxygen atoms in total. The third kappa shape index (κ3) is 5.26. The minimum Gasteiger partial charge on any atom is -0.310 e. The minimum atomic E-state index is -0.214. The predicted molar refractivity (Wildman–Crippen MR) is 192 cm³/mol. The van der Waals surface area contributed by atoms with Gasteiger partial charge in [0.05, 0.1) is 11.2 Å². The molecule has 0 aliphatic carbocycles. The van der Waals surface area contributed by atoms with Crippen molar-refractivity contribution in [3.8, 4) is 33.4 Å². The van der Waals surface area contributed by atoms with Crippen LogP contribution in [0.3, 0.4) is 0 Å². The maximum absolute atomic E-state index is 9.62. The highest BCUT2D eigenvalue weighted by Gasteiger charge is 2.16. The van der Waals surface area contributed by atoms with Gasteiger partial charge in [0.2, 0.25) is 0 Å². The summed E-state index contributed by atoms with van der Waals surface area (Å²) in [6.07, 6.45) is 0. The van der Waals surface area contributed by atoms with E-state index < -0.39 is 0 Å². The molecular formula is C44H31N. The van der Waals surface area contributed by atoms with Crippen molar-refractivity contribution in [2.45, 2.75) is 0 Å². The van der Waals surface area contributed by atoms with E-state index in [0.717, 1.165) is 55.2 Å². The van der Waals surface area contributed by atoms with E-state index in [1.807, 2.05) is 120 Å². The minimum absolute atomic E-state index is 0.0360. The summed E-state index contributed by atoms with van der Waals surface area (Å²) >= 11 is 0. The highest BCUT2D eigenvalue weighted by Crippen LogP contribution is 2.41. The Morgan fingerprint density at radius 3 is 1.80 bits per heavy atom. The summed E-state index contributed by atoms with van der Waals surface area (Å²) in [4.78, 5) is 1.92. The number of fused-ring (bicyclic) bond motifs is 2. The quantitative estimate of drug-likeness (QED) is 0.190. The van der Waals surface area contributed by atoms with Crippen LogP contribution in [-0.4, -0.2) is 0 Å². The molecule has 0 aromatic heterocycles. The lowest BCUT2D eigenvalue weighted by Gasteiger charge is -2.27. The highest BCUT2D eigenvalue weighted by molar-refractivity contribution is 5.99. The van der Waals surface area contributed by atoms with Crippen molar-refractivity contribution in [3.05, 3.63) is 188 Å². The van der Waals surface area contributed by atoms with Crippen molar-refractivity contribution in [3.63, 3.8) is 0 Å². The van der Waals surface area contributed by atoms with Crippen LogP contribution in [0.1, 0.15) is 5.48 Å². The topological polar surface area (TPSA) is 3.24 Å². The van der Waals surface area contributed by atoms with Gasteiger partial charge in [-0.1, -0.05) is 146 Å². The average Bonchev–Trinajstić information content (AvgIpc) is 3.16. The first-order valence-electron chi connectivity index (χ1n) is 17.1. The fourth-order valence-electron chi connectivity index (χ4n) is 6.04. The lowest BCUT2D eigenvalue weighted by atomic mass is 9.98. The van der Waals surface area contributed by atoms with Crippen LogP contribution >= 0.6 is 0 Å². The molecule has 0 amide bonds. The molecule has 0 radical (unpaired) electrons. The lowest BCUT2D eigenvalue weighted by Crippen LogP contribution is -2.10. The molecule has 8 aromatic rings. The van der Waals surface area contributed by atoms with E-state index in [1.165, 1.54) is 0 Å². The Bertz CT molecular complexity index is 2490. The van der Waals surface area contributed by atoms with Gasteiger partial charge in [-0.3, -0.25) is 0 Å². The van der Waals surface area contributed by atoms with Crippen LogP contribution in [0.25, 0.3) is 54.9 Å². The van der Waals surface area contributed by atoms with Gasteiger partial charge in [0.1, 0.15) is 0 Å². The second-order valence-electron chi connectivity index (χ2n) is 11.1. The first-order chi connectivity index (χ1) is 24.0. The molecule has 0 unspecified atom stereocenters. The molecule has 8 aromatic carbocycles. The summed E-state index contributed by atoms with van der Waals surface area (Å²) in [6.45, 7) is 0. The van der Waals surface area contributed by atoms with Gasteiger partial charge in [0.15, 0.2) is 0 Å². The number of rotatable bonds is 6. The summed E-state index contributed by atoms with van der Waals surface area (Å²) in [6, 6.07) is 54.4. The molecule has 0 bridgehead atoms. The van der Waals surface area contributed by atoms with Gasteiger partial charge in [0.25, 0.3) is 0 Å². The zero-order valence-electron chi connectivity index (χ0n) is 28.5. The molecule has 0 spiro atoms. The Hall–Kier alpha value is -5.92. The van der Waals surface area contributed by atoms with Crippen LogP contribution in [0, 0.1) is 0 Å². The van der Waals surface area contributed by atoms with E-state index in [1.54, 1.807) is 0 Å². The SMILES string of the molecule is [2H]c1c([2H])c(-c2ccc3ccccc3c2)c([2H])c(N(c2ccc(-c3cccc(-c4ccccc4)c3)cc2)c2cccc3ccccc23)c1[2H]. The van der Waals surface area contributed by atoms with Crippen LogP contribution in [0.15, 0.2) is 188 Å². The Morgan fingerprint density at radius 1 is 0.378 bits per heavy atom. The first kappa shape index (κ1) is 22.6. The van der Waals surface area contributed by atoms with Crippen LogP contribution in [0.5, 0.6) is 0 Å². The fourth-order valence-corrected chi connectivity index (χ4v) is 6.04. The van der Waals surface area contributed by atoms with E-state index in [-0.39, 0.29) is 29.9 Å². The van der Waals surface area contributed by atoms with Gasteiger partial charge in [-0.2, -0.15) is 0 Å². The van der Waals surface area contributed by atoms with Gasteiger partial charge < -0.3 is 4.90 Å². The van der Waals surface area contributed by atoms with Crippen molar-refractivity contribution < 1.29 is 5.48 Å². The second-order valence-corrected chi connectivity index (χ2v) is 11.1. The van der Waals surface area contributed by atoms with Crippen molar-refractivity contribution in [1.29, 1.82) is 0 Å².